The summed E-state index contributed by atoms with van der Waals surface area (Å²) in [4.78, 5) is 14.6. The molecule has 0 fully saturated rings. The number of nitrogens with one attached hydrogen (secondary N) is 1. The van der Waals surface area contributed by atoms with Gasteiger partial charge in [-0.05, 0) is 73.9 Å². The number of fused-ring (bicyclic) bond motifs is 1. The van der Waals surface area contributed by atoms with E-state index in [2.05, 4.69) is 4.72 Å². The molecule has 1 heterocycles. The van der Waals surface area contributed by atoms with Crippen molar-refractivity contribution in [3.63, 3.8) is 0 Å². The van der Waals surface area contributed by atoms with Crippen LogP contribution in [0.5, 0.6) is 5.75 Å². The lowest BCUT2D eigenvalue weighted by Crippen LogP contribution is -2.39. The van der Waals surface area contributed by atoms with Gasteiger partial charge in [-0.15, -0.1) is 0 Å². The molecule has 1 N–H and O–H groups in total. The van der Waals surface area contributed by atoms with Crippen LogP contribution in [0, 0.1) is 6.92 Å². The molecule has 160 valence electrons. The average Bonchev–Trinajstić information content (AvgIpc) is 3.08. The number of hydrogen-bond acceptors (Lipinski definition) is 4. The number of carbonyl (C=O) groups excluding carboxylic acids is 1. The summed E-state index contributed by atoms with van der Waals surface area (Å²) >= 11 is 0. The molecule has 0 saturated heterocycles. The second-order valence-electron chi connectivity index (χ2n) is 7.68. The highest BCUT2D eigenvalue weighted by Gasteiger charge is 2.30. The van der Waals surface area contributed by atoms with Crippen molar-refractivity contribution in [2.45, 2.75) is 31.2 Å². The lowest BCUT2D eigenvalue weighted by molar-refractivity contribution is -0.120. The monoisotopic (exact) mass is 436 g/mol. The molecule has 0 aliphatic carbocycles. The lowest BCUT2D eigenvalue weighted by Gasteiger charge is -2.22. The smallest absolute Gasteiger partial charge is 0.265 e. The van der Waals surface area contributed by atoms with Crippen LogP contribution in [0.1, 0.15) is 18.1 Å². The second-order valence-corrected chi connectivity index (χ2v) is 9.36. The Labute approximate surface area is 182 Å². The molecule has 7 heteroatoms. The summed E-state index contributed by atoms with van der Waals surface area (Å²) in [6.45, 7) is 3.79. The first-order valence-electron chi connectivity index (χ1n) is 10.1. The number of anilines is 2. The summed E-state index contributed by atoms with van der Waals surface area (Å²) in [6.07, 6.45) is 0.822. The van der Waals surface area contributed by atoms with Gasteiger partial charge in [0.05, 0.1) is 4.90 Å². The number of amides is 1. The minimum atomic E-state index is -3.71. The van der Waals surface area contributed by atoms with Crippen molar-refractivity contribution in [1.82, 2.24) is 0 Å². The van der Waals surface area contributed by atoms with Gasteiger partial charge in [-0.25, -0.2) is 8.42 Å². The summed E-state index contributed by atoms with van der Waals surface area (Å²) in [7, 11) is -3.71. The van der Waals surface area contributed by atoms with Crippen molar-refractivity contribution < 1.29 is 17.9 Å². The molecule has 6 nitrogen and oxygen atoms in total. The molecule has 0 saturated carbocycles. The first-order valence-corrected chi connectivity index (χ1v) is 11.5. The van der Waals surface area contributed by atoms with E-state index in [0.29, 0.717) is 11.4 Å². The van der Waals surface area contributed by atoms with E-state index in [4.69, 9.17) is 4.74 Å². The Bertz CT molecular complexity index is 1210. The molecule has 0 spiro atoms. The van der Waals surface area contributed by atoms with Crippen LogP contribution in [0.4, 0.5) is 11.4 Å². The summed E-state index contributed by atoms with van der Waals surface area (Å²) in [5.41, 5.74) is 3.54. The first-order chi connectivity index (χ1) is 14.8. The van der Waals surface area contributed by atoms with Crippen LogP contribution in [0.2, 0.25) is 0 Å². The minimum absolute atomic E-state index is 0.0775. The van der Waals surface area contributed by atoms with Gasteiger partial charge in [0, 0.05) is 17.4 Å². The van der Waals surface area contributed by atoms with Crippen LogP contribution in [0.25, 0.3) is 0 Å². The fourth-order valence-corrected chi connectivity index (χ4v) is 4.85. The number of ether oxygens (including phenoxy) is 1. The maximum absolute atomic E-state index is 12.7. The average molecular weight is 437 g/mol. The minimum Gasteiger partial charge on any atom is -0.484 e. The number of carbonyl (C=O) groups is 1. The Morgan fingerprint density at radius 3 is 2.55 bits per heavy atom. The number of hydrogen-bond donors (Lipinski definition) is 1. The molecule has 0 aromatic heterocycles. The molecule has 0 bridgehead atoms. The van der Waals surface area contributed by atoms with Crippen LogP contribution >= 0.6 is 0 Å². The molecule has 0 unspecified atom stereocenters. The van der Waals surface area contributed by atoms with Crippen LogP contribution < -0.4 is 14.4 Å². The predicted octanol–water partition coefficient (Wildman–Crippen LogP) is 4.15. The van der Waals surface area contributed by atoms with Crippen LogP contribution in [-0.2, 0) is 21.2 Å². The molecule has 0 radical (unpaired) electrons. The van der Waals surface area contributed by atoms with Crippen molar-refractivity contribution in [3.05, 3.63) is 83.9 Å². The summed E-state index contributed by atoms with van der Waals surface area (Å²) in [5.74, 6) is 0.304. The molecule has 1 aliphatic heterocycles. The Hall–Kier alpha value is -3.32. The summed E-state index contributed by atoms with van der Waals surface area (Å²) in [6, 6.07) is 21.1. The Morgan fingerprint density at radius 1 is 1.06 bits per heavy atom. The van der Waals surface area contributed by atoms with Gasteiger partial charge in [0.25, 0.3) is 15.9 Å². The summed E-state index contributed by atoms with van der Waals surface area (Å²) in [5, 5.41) is 0. The highest BCUT2D eigenvalue weighted by molar-refractivity contribution is 7.92. The zero-order chi connectivity index (χ0) is 22.0. The first kappa shape index (κ1) is 20.9. The maximum atomic E-state index is 12.7. The molecule has 1 aliphatic rings. The Kier molecular flexibility index (Phi) is 5.69. The molecular formula is C24H24N2O4S. The number of sulfonamides is 1. The van der Waals surface area contributed by atoms with Gasteiger partial charge in [0.15, 0.2) is 6.61 Å². The van der Waals surface area contributed by atoms with Crippen molar-refractivity contribution in [2.75, 3.05) is 16.2 Å². The van der Waals surface area contributed by atoms with Crippen molar-refractivity contribution in [1.29, 1.82) is 0 Å². The van der Waals surface area contributed by atoms with E-state index in [0.717, 1.165) is 23.2 Å². The third kappa shape index (κ3) is 4.56. The predicted molar refractivity (Wildman–Crippen MR) is 121 cm³/mol. The van der Waals surface area contributed by atoms with Crippen molar-refractivity contribution in [3.8, 4) is 5.75 Å². The van der Waals surface area contributed by atoms with E-state index in [1.807, 2.05) is 44.2 Å². The molecule has 1 amide bonds. The normalized spacial score (nSPS) is 15.4. The molecule has 31 heavy (non-hydrogen) atoms. The fraction of sp³-hybridized carbons (Fsp3) is 0.208. The zero-order valence-electron chi connectivity index (χ0n) is 17.4. The van der Waals surface area contributed by atoms with Crippen LogP contribution in [-0.4, -0.2) is 27.0 Å². The number of benzene rings is 3. The largest absolute Gasteiger partial charge is 0.484 e. The van der Waals surface area contributed by atoms with Crippen molar-refractivity contribution >= 4 is 27.3 Å². The number of para-hydroxylation sites is 1. The zero-order valence-corrected chi connectivity index (χ0v) is 18.2. The third-order valence-electron chi connectivity index (χ3n) is 5.24. The van der Waals surface area contributed by atoms with Crippen molar-refractivity contribution in [2.24, 2.45) is 0 Å². The standard InChI is InChI=1S/C24H24N2O4S/c1-17-6-5-8-20(14-17)25-31(28,29)22-12-10-21(11-13-22)30-16-24(27)26-18(2)15-19-7-3-4-9-23(19)26/h3-14,18,25H,15-16H2,1-2H3/t18-/m1/s1. The van der Waals surface area contributed by atoms with Crippen LogP contribution in [0.3, 0.4) is 0 Å². The Morgan fingerprint density at radius 2 is 1.81 bits per heavy atom. The highest BCUT2D eigenvalue weighted by atomic mass is 32.2. The van der Waals surface area contributed by atoms with Gasteiger partial charge in [-0.1, -0.05) is 30.3 Å². The van der Waals surface area contributed by atoms with E-state index >= 15 is 0 Å². The maximum Gasteiger partial charge on any atom is 0.265 e. The van der Waals surface area contributed by atoms with Gasteiger partial charge in [0.1, 0.15) is 5.75 Å². The molecular weight excluding hydrogens is 412 g/mol. The van der Waals surface area contributed by atoms with Crippen LogP contribution in [0.15, 0.2) is 77.7 Å². The molecule has 1 atom stereocenters. The molecule has 3 aromatic carbocycles. The SMILES string of the molecule is Cc1cccc(NS(=O)(=O)c2ccc(OCC(=O)N3c4ccccc4C[C@H]3C)cc2)c1. The number of rotatable bonds is 6. The van der Waals surface area contributed by atoms with E-state index in [9.17, 15) is 13.2 Å². The van der Waals surface area contributed by atoms with E-state index in [1.54, 1.807) is 35.2 Å². The second kappa shape index (κ2) is 8.43. The third-order valence-corrected chi connectivity index (χ3v) is 6.64. The lowest BCUT2D eigenvalue weighted by atomic mass is 10.1. The quantitative estimate of drug-likeness (QED) is 0.630. The van der Waals surface area contributed by atoms with Gasteiger partial charge >= 0.3 is 0 Å². The van der Waals surface area contributed by atoms with E-state index < -0.39 is 10.0 Å². The molecule has 3 aromatic rings. The fourth-order valence-electron chi connectivity index (χ4n) is 3.80. The van der Waals surface area contributed by atoms with Gasteiger partial charge in [0.2, 0.25) is 0 Å². The molecule has 4 rings (SSSR count). The van der Waals surface area contributed by atoms with E-state index in [1.165, 1.54) is 12.1 Å². The topological polar surface area (TPSA) is 75.7 Å². The highest BCUT2D eigenvalue weighted by Crippen LogP contribution is 2.32. The summed E-state index contributed by atoms with van der Waals surface area (Å²) < 4.78 is 33.4. The number of nitrogens with zero attached hydrogens (tertiary/aromatic N) is 1. The van der Waals surface area contributed by atoms with Gasteiger partial charge < -0.3 is 9.64 Å². The van der Waals surface area contributed by atoms with E-state index in [-0.39, 0.29) is 23.5 Å². The van der Waals surface area contributed by atoms with Gasteiger partial charge in [-0.3, -0.25) is 9.52 Å². The van der Waals surface area contributed by atoms with Gasteiger partial charge in [-0.2, -0.15) is 0 Å². The Balaban J connectivity index is 1.40. The number of aryl methyl sites for hydroxylation is 1.